The molecular weight excluding hydrogens is 351 g/mol. The fourth-order valence-corrected chi connectivity index (χ4v) is 2.34. The van der Waals surface area contributed by atoms with Gasteiger partial charge in [0.05, 0.1) is 0 Å². The van der Waals surface area contributed by atoms with Gasteiger partial charge >= 0.3 is 6.18 Å². The molecule has 0 radical (unpaired) electrons. The summed E-state index contributed by atoms with van der Waals surface area (Å²) >= 11 is 0. The average Bonchev–Trinajstić information content (AvgIpc) is 2.64. The molecule has 0 spiro atoms. The minimum Gasteiger partial charge on any atom is -0.486 e. The zero-order chi connectivity index (χ0) is 18.6. The molecule has 0 fully saturated rings. The SMILES string of the molecule is O=C(NCc1ccc(OCC(F)(F)F)cc1)c1ccc2c(c1)OCCO2. The minimum atomic E-state index is -4.38. The molecule has 0 aliphatic carbocycles. The van der Waals surface area contributed by atoms with Crippen LogP contribution >= 0.6 is 0 Å². The van der Waals surface area contributed by atoms with E-state index in [4.69, 9.17) is 9.47 Å². The van der Waals surface area contributed by atoms with Crippen LogP contribution < -0.4 is 19.5 Å². The van der Waals surface area contributed by atoms with Gasteiger partial charge in [0.2, 0.25) is 0 Å². The van der Waals surface area contributed by atoms with Crippen LogP contribution in [0.1, 0.15) is 15.9 Å². The smallest absolute Gasteiger partial charge is 0.422 e. The van der Waals surface area contributed by atoms with Gasteiger partial charge in [-0.3, -0.25) is 4.79 Å². The molecule has 1 amide bonds. The monoisotopic (exact) mass is 367 g/mol. The van der Waals surface area contributed by atoms with Crippen molar-refractivity contribution in [3.63, 3.8) is 0 Å². The third-order valence-corrected chi connectivity index (χ3v) is 3.58. The number of halogens is 3. The van der Waals surface area contributed by atoms with E-state index in [0.717, 1.165) is 5.56 Å². The average molecular weight is 367 g/mol. The first-order chi connectivity index (χ1) is 12.4. The van der Waals surface area contributed by atoms with E-state index >= 15 is 0 Å². The second kappa shape index (κ2) is 7.55. The largest absolute Gasteiger partial charge is 0.486 e. The van der Waals surface area contributed by atoms with Gasteiger partial charge in [-0.2, -0.15) is 13.2 Å². The molecule has 138 valence electrons. The number of ether oxygens (including phenoxy) is 3. The number of hydrogen-bond acceptors (Lipinski definition) is 4. The van der Waals surface area contributed by atoms with Crippen LogP contribution in [0, 0.1) is 0 Å². The zero-order valence-corrected chi connectivity index (χ0v) is 13.6. The molecule has 1 aliphatic rings. The Morgan fingerprint density at radius 1 is 1.04 bits per heavy atom. The molecule has 0 atom stereocenters. The summed E-state index contributed by atoms with van der Waals surface area (Å²) in [6, 6.07) is 11.0. The van der Waals surface area contributed by atoms with Gasteiger partial charge in [0.15, 0.2) is 18.1 Å². The van der Waals surface area contributed by atoms with Crippen LogP contribution in [-0.4, -0.2) is 31.9 Å². The minimum absolute atomic E-state index is 0.115. The molecule has 2 aromatic rings. The van der Waals surface area contributed by atoms with Crippen molar-refractivity contribution in [1.29, 1.82) is 0 Å². The lowest BCUT2D eigenvalue weighted by Gasteiger charge is -2.18. The molecule has 0 aromatic heterocycles. The van der Waals surface area contributed by atoms with Crippen LogP contribution in [0.3, 0.4) is 0 Å². The van der Waals surface area contributed by atoms with Crippen molar-refractivity contribution in [2.75, 3.05) is 19.8 Å². The Morgan fingerprint density at radius 3 is 2.42 bits per heavy atom. The van der Waals surface area contributed by atoms with Crippen LogP contribution in [-0.2, 0) is 6.54 Å². The highest BCUT2D eigenvalue weighted by molar-refractivity contribution is 5.94. The quantitative estimate of drug-likeness (QED) is 0.881. The molecule has 0 saturated heterocycles. The summed E-state index contributed by atoms with van der Waals surface area (Å²) in [5, 5.41) is 2.74. The molecule has 26 heavy (non-hydrogen) atoms. The summed E-state index contributed by atoms with van der Waals surface area (Å²) in [5.74, 6) is 0.945. The van der Waals surface area contributed by atoms with Gasteiger partial charge in [-0.15, -0.1) is 0 Å². The maximum absolute atomic E-state index is 12.2. The van der Waals surface area contributed by atoms with Crippen molar-refractivity contribution >= 4 is 5.91 Å². The van der Waals surface area contributed by atoms with E-state index in [1.807, 2.05) is 0 Å². The van der Waals surface area contributed by atoms with Crippen molar-refractivity contribution in [2.45, 2.75) is 12.7 Å². The fourth-order valence-electron chi connectivity index (χ4n) is 2.34. The molecule has 5 nitrogen and oxygen atoms in total. The van der Waals surface area contributed by atoms with E-state index in [-0.39, 0.29) is 18.2 Å². The van der Waals surface area contributed by atoms with Gasteiger partial charge in [0, 0.05) is 12.1 Å². The Labute approximate surface area is 147 Å². The Kier molecular flexibility index (Phi) is 5.20. The molecule has 8 heteroatoms. The number of hydrogen-bond donors (Lipinski definition) is 1. The third-order valence-electron chi connectivity index (χ3n) is 3.58. The lowest BCUT2D eigenvalue weighted by molar-refractivity contribution is -0.153. The summed E-state index contributed by atoms with van der Waals surface area (Å²) in [6.45, 7) is -0.206. The summed E-state index contributed by atoms with van der Waals surface area (Å²) in [7, 11) is 0. The van der Waals surface area contributed by atoms with Crippen molar-refractivity contribution in [1.82, 2.24) is 5.32 Å². The van der Waals surface area contributed by atoms with E-state index < -0.39 is 12.8 Å². The number of rotatable bonds is 5. The molecular formula is C18H16F3NO4. The van der Waals surface area contributed by atoms with Gasteiger partial charge in [-0.1, -0.05) is 12.1 Å². The predicted molar refractivity (Wildman–Crippen MR) is 86.6 cm³/mol. The summed E-state index contributed by atoms with van der Waals surface area (Å²) in [4.78, 5) is 12.2. The molecule has 0 unspecified atom stereocenters. The first-order valence-electron chi connectivity index (χ1n) is 7.87. The number of fused-ring (bicyclic) bond motifs is 1. The first-order valence-corrected chi connectivity index (χ1v) is 7.87. The van der Waals surface area contributed by atoms with Crippen LogP contribution in [0.2, 0.25) is 0 Å². The predicted octanol–water partition coefficient (Wildman–Crippen LogP) is 3.33. The van der Waals surface area contributed by atoms with E-state index in [1.54, 1.807) is 30.3 Å². The van der Waals surface area contributed by atoms with E-state index in [1.165, 1.54) is 12.1 Å². The van der Waals surface area contributed by atoms with Crippen molar-refractivity contribution in [3.8, 4) is 17.2 Å². The van der Waals surface area contributed by atoms with Gasteiger partial charge < -0.3 is 19.5 Å². The summed E-state index contributed by atoms with van der Waals surface area (Å²) in [6.07, 6.45) is -4.38. The summed E-state index contributed by atoms with van der Waals surface area (Å²) in [5.41, 5.74) is 1.16. The van der Waals surface area contributed by atoms with Gasteiger partial charge in [-0.25, -0.2) is 0 Å². The molecule has 1 heterocycles. The number of alkyl halides is 3. The zero-order valence-electron chi connectivity index (χ0n) is 13.6. The van der Waals surface area contributed by atoms with Crippen LogP contribution in [0.5, 0.6) is 17.2 Å². The summed E-state index contributed by atoms with van der Waals surface area (Å²) < 4.78 is 51.8. The van der Waals surface area contributed by atoms with Crippen molar-refractivity contribution in [2.24, 2.45) is 0 Å². The Balaban J connectivity index is 1.54. The Hall–Kier alpha value is -2.90. The normalized spacial score (nSPS) is 13.2. The number of amides is 1. The topological polar surface area (TPSA) is 56.8 Å². The van der Waals surface area contributed by atoms with Gasteiger partial charge in [0.25, 0.3) is 5.91 Å². The van der Waals surface area contributed by atoms with E-state index in [0.29, 0.717) is 30.3 Å². The number of carbonyl (C=O) groups is 1. The highest BCUT2D eigenvalue weighted by Gasteiger charge is 2.28. The maximum atomic E-state index is 12.2. The van der Waals surface area contributed by atoms with E-state index in [2.05, 4.69) is 10.1 Å². The molecule has 2 aromatic carbocycles. The molecule has 0 bridgehead atoms. The standard InChI is InChI=1S/C18H16F3NO4/c19-18(20,21)11-26-14-4-1-12(2-5-14)10-22-17(23)13-3-6-15-16(9-13)25-8-7-24-15/h1-6,9H,7-8,10-11H2,(H,22,23). The second-order valence-corrected chi connectivity index (χ2v) is 5.59. The number of benzene rings is 2. The first kappa shape index (κ1) is 17.9. The fraction of sp³-hybridized carbons (Fsp3) is 0.278. The lowest BCUT2D eigenvalue weighted by atomic mass is 10.1. The molecule has 1 aliphatic heterocycles. The Bertz CT molecular complexity index is 775. The number of carbonyl (C=O) groups excluding carboxylic acids is 1. The van der Waals surface area contributed by atoms with Crippen LogP contribution in [0.4, 0.5) is 13.2 Å². The van der Waals surface area contributed by atoms with E-state index in [9.17, 15) is 18.0 Å². The second-order valence-electron chi connectivity index (χ2n) is 5.59. The highest BCUT2D eigenvalue weighted by Crippen LogP contribution is 2.30. The molecule has 3 rings (SSSR count). The molecule has 0 saturated carbocycles. The van der Waals surface area contributed by atoms with Gasteiger partial charge in [0.1, 0.15) is 19.0 Å². The van der Waals surface area contributed by atoms with Crippen molar-refractivity contribution < 1.29 is 32.2 Å². The number of nitrogens with one attached hydrogen (secondary N) is 1. The maximum Gasteiger partial charge on any atom is 0.422 e. The van der Waals surface area contributed by atoms with Gasteiger partial charge in [-0.05, 0) is 35.9 Å². The molecule has 1 N–H and O–H groups in total. The van der Waals surface area contributed by atoms with Crippen molar-refractivity contribution in [3.05, 3.63) is 53.6 Å². The van der Waals surface area contributed by atoms with Crippen LogP contribution in [0.15, 0.2) is 42.5 Å². The highest BCUT2D eigenvalue weighted by atomic mass is 19.4. The van der Waals surface area contributed by atoms with Crippen LogP contribution in [0.25, 0.3) is 0 Å². The Morgan fingerprint density at radius 2 is 1.73 bits per heavy atom. The lowest BCUT2D eigenvalue weighted by Crippen LogP contribution is -2.23. The third kappa shape index (κ3) is 4.81.